The molecule has 26 heavy (non-hydrogen) atoms. The molecule has 0 bridgehead atoms. The number of amides is 2. The first-order valence-corrected chi connectivity index (χ1v) is 8.42. The molecular weight excluding hydrogens is 332 g/mol. The number of carboxylic acids is 1. The lowest BCUT2D eigenvalue weighted by molar-refractivity contribution is -0.117. The maximum absolute atomic E-state index is 12.5. The van der Waals surface area contributed by atoms with E-state index in [4.69, 9.17) is 0 Å². The summed E-state index contributed by atoms with van der Waals surface area (Å²) < 4.78 is 0. The van der Waals surface area contributed by atoms with E-state index in [9.17, 15) is 19.5 Å². The van der Waals surface area contributed by atoms with Crippen molar-refractivity contribution in [3.05, 3.63) is 58.7 Å². The number of aryl methyl sites for hydroxylation is 2. The molecule has 0 atom stereocenters. The predicted molar refractivity (Wildman–Crippen MR) is 98.6 cm³/mol. The number of carbonyl (C=O) groups excluding carboxylic acids is 2. The largest absolute Gasteiger partial charge is 0.478 e. The van der Waals surface area contributed by atoms with Crippen LogP contribution in [0.2, 0.25) is 0 Å². The summed E-state index contributed by atoms with van der Waals surface area (Å²) in [6, 6.07) is 9.87. The number of aromatic carboxylic acids is 1. The molecule has 6 nitrogen and oxygen atoms in total. The Morgan fingerprint density at radius 1 is 1.00 bits per heavy atom. The topological polar surface area (TPSA) is 95.5 Å². The molecule has 0 spiro atoms. The van der Waals surface area contributed by atoms with Gasteiger partial charge in [-0.2, -0.15) is 0 Å². The number of hydrogen-bond donors (Lipinski definition) is 3. The third kappa shape index (κ3) is 3.91. The number of carboxylic acid groups (broad SMARTS) is 1. The van der Waals surface area contributed by atoms with Crippen molar-refractivity contribution >= 4 is 29.2 Å². The van der Waals surface area contributed by atoms with Crippen LogP contribution in [0.15, 0.2) is 36.4 Å². The van der Waals surface area contributed by atoms with Gasteiger partial charge in [-0.15, -0.1) is 0 Å². The number of rotatable bonds is 5. The Balaban J connectivity index is 1.78. The van der Waals surface area contributed by atoms with Crippen LogP contribution in [0, 0.1) is 19.8 Å². The summed E-state index contributed by atoms with van der Waals surface area (Å²) in [7, 11) is 0. The van der Waals surface area contributed by atoms with Gasteiger partial charge in [0.2, 0.25) is 5.91 Å². The molecule has 2 amide bonds. The zero-order valence-corrected chi connectivity index (χ0v) is 14.6. The Labute approximate surface area is 151 Å². The monoisotopic (exact) mass is 352 g/mol. The summed E-state index contributed by atoms with van der Waals surface area (Å²) in [5.74, 6) is -1.35. The minimum absolute atomic E-state index is 0.0250. The number of nitrogens with one attached hydrogen (secondary N) is 2. The van der Waals surface area contributed by atoms with Crippen molar-refractivity contribution in [1.82, 2.24) is 0 Å². The van der Waals surface area contributed by atoms with E-state index >= 15 is 0 Å². The predicted octanol–water partition coefficient (Wildman–Crippen LogP) is 3.60. The lowest BCUT2D eigenvalue weighted by Crippen LogP contribution is -2.16. The highest BCUT2D eigenvalue weighted by molar-refractivity contribution is 6.06. The van der Waals surface area contributed by atoms with Crippen molar-refractivity contribution < 1.29 is 19.5 Å². The van der Waals surface area contributed by atoms with E-state index in [1.807, 2.05) is 0 Å². The van der Waals surface area contributed by atoms with Gasteiger partial charge in [-0.3, -0.25) is 9.59 Å². The van der Waals surface area contributed by atoms with E-state index in [0.29, 0.717) is 22.5 Å². The molecule has 0 aliphatic heterocycles. The summed E-state index contributed by atoms with van der Waals surface area (Å²) in [6.07, 6.45) is 1.81. The molecule has 1 saturated carbocycles. The first kappa shape index (κ1) is 17.7. The molecule has 1 fully saturated rings. The fraction of sp³-hybridized carbons (Fsp3) is 0.250. The van der Waals surface area contributed by atoms with E-state index in [2.05, 4.69) is 10.6 Å². The first-order chi connectivity index (χ1) is 12.3. The summed E-state index contributed by atoms with van der Waals surface area (Å²) in [5.41, 5.74) is 2.97. The smallest absolute Gasteiger partial charge is 0.336 e. The summed E-state index contributed by atoms with van der Waals surface area (Å²) in [5, 5.41) is 14.8. The quantitative estimate of drug-likeness (QED) is 0.766. The van der Waals surface area contributed by atoms with Crippen LogP contribution in [0.5, 0.6) is 0 Å². The van der Waals surface area contributed by atoms with Crippen LogP contribution in [0.3, 0.4) is 0 Å². The standard InChI is InChI=1S/C20H20N2O4/c1-11-8-12(2)17(10-16(11)20(25)26)22-19(24)14-4-3-5-15(9-14)21-18(23)13-6-7-13/h3-5,8-10,13H,6-7H2,1-2H3,(H,21,23)(H,22,24)(H,25,26). The van der Waals surface area contributed by atoms with Crippen LogP contribution in [-0.2, 0) is 4.79 Å². The van der Waals surface area contributed by atoms with Crippen molar-refractivity contribution in [1.29, 1.82) is 0 Å². The van der Waals surface area contributed by atoms with E-state index in [0.717, 1.165) is 18.4 Å². The van der Waals surface area contributed by atoms with Gasteiger partial charge in [-0.25, -0.2) is 4.79 Å². The summed E-state index contributed by atoms with van der Waals surface area (Å²) in [4.78, 5) is 35.7. The molecule has 1 aliphatic carbocycles. The van der Waals surface area contributed by atoms with E-state index < -0.39 is 5.97 Å². The molecule has 3 N–H and O–H groups in total. The van der Waals surface area contributed by atoms with Gasteiger partial charge in [0, 0.05) is 22.9 Å². The second-order valence-corrected chi connectivity index (χ2v) is 6.59. The fourth-order valence-electron chi connectivity index (χ4n) is 2.74. The van der Waals surface area contributed by atoms with Crippen LogP contribution in [-0.4, -0.2) is 22.9 Å². The Bertz CT molecular complexity index is 901. The normalized spacial score (nSPS) is 13.2. The van der Waals surface area contributed by atoms with Crippen molar-refractivity contribution in [3.63, 3.8) is 0 Å². The zero-order chi connectivity index (χ0) is 18.8. The maximum Gasteiger partial charge on any atom is 0.336 e. The first-order valence-electron chi connectivity index (χ1n) is 8.42. The van der Waals surface area contributed by atoms with E-state index in [-0.39, 0.29) is 23.3 Å². The molecule has 6 heteroatoms. The van der Waals surface area contributed by atoms with Gasteiger partial charge in [-0.1, -0.05) is 12.1 Å². The minimum atomic E-state index is -1.04. The molecule has 3 rings (SSSR count). The summed E-state index contributed by atoms with van der Waals surface area (Å²) >= 11 is 0. The molecule has 0 aromatic heterocycles. The zero-order valence-electron chi connectivity index (χ0n) is 14.6. The Morgan fingerprint density at radius 2 is 1.73 bits per heavy atom. The number of benzene rings is 2. The average Bonchev–Trinajstić information content (AvgIpc) is 3.42. The van der Waals surface area contributed by atoms with Gasteiger partial charge in [0.05, 0.1) is 5.56 Å². The molecular formula is C20H20N2O4. The highest BCUT2D eigenvalue weighted by Crippen LogP contribution is 2.30. The molecule has 134 valence electrons. The third-order valence-corrected chi connectivity index (χ3v) is 4.39. The number of carbonyl (C=O) groups is 3. The Hall–Kier alpha value is -3.15. The molecule has 1 aliphatic rings. The number of anilines is 2. The van der Waals surface area contributed by atoms with E-state index in [1.165, 1.54) is 6.07 Å². The Kier molecular flexibility index (Phi) is 4.75. The highest BCUT2D eigenvalue weighted by Gasteiger charge is 2.29. The molecule has 2 aromatic carbocycles. The maximum atomic E-state index is 12.5. The minimum Gasteiger partial charge on any atom is -0.478 e. The van der Waals surface area contributed by atoms with Crippen molar-refractivity contribution in [2.24, 2.45) is 5.92 Å². The SMILES string of the molecule is Cc1cc(C)c(C(=O)O)cc1NC(=O)c1cccc(NC(=O)C2CC2)c1. The molecule has 0 radical (unpaired) electrons. The molecule has 0 heterocycles. The van der Waals surface area contributed by atoms with Crippen molar-refractivity contribution in [2.75, 3.05) is 10.6 Å². The number of hydrogen-bond acceptors (Lipinski definition) is 3. The van der Waals surface area contributed by atoms with Gasteiger partial charge < -0.3 is 15.7 Å². The lowest BCUT2D eigenvalue weighted by Gasteiger charge is -2.12. The van der Waals surface area contributed by atoms with Gasteiger partial charge in [0.1, 0.15) is 0 Å². The molecule has 0 saturated heterocycles. The van der Waals surface area contributed by atoms with Gasteiger partial charge in [-0.05, 0) is 62.1 Å². The molecule has 0 unspecified atom stereocenters. The summed E-state index contributed by atoms with van der Waals surface area (Å²) in [6.45, 7) is 3.52. The van der Waals surface area contributed by atoms with Gasteiger partial charge >= 0.3 is 5.97 Å². The molecule has 2 aromatic rings. The third-order valence-electron chi connectivity index (χ3n) is 4.39. The second kappa shape index (κ2) is 7.00. The lowest BCUT2D eigenvalue weighted by atomic mass is 10.0. The van der Waals surface area contributed by atoms with Crippen LogP contribution >= 0.6 is 0 Å². The highest BCUT2D eigenvalue weighted by atomic mass is 16.4. The Morgan fingerprint density at radius 3 is 2.38 bits per heavy atom. The van der Waals surface area contributed by atoms with Crippen LogP contribution in [0.4, 0.5) is 11.4 Å². The van der Waals surface area contributed by atoms with Gasteiger partial charge in [0.15, 0.2) is 0 Å². The average molecular weight is 352 g/mol. The van der Waals surface area contributed by atoms with Gasteiger partial charge in [0.25, 0.3) is 5.91 Å². The van der Waals surface area contributed by atoms with Crippen LogP contribution in [0.25, 0.3) is 0 Å². The van der Waals surface area contributed by atoms with Crippen molar-refractivity contribution in [2.45, 2.75) is 26.7 Å². The second-order valence-electron chi connectivity index (χ2n) is 6.59. The van der Waals surface area contributed by atoms with Crippen LogP contribution in [0.1, 0.15) is 44.7 Å². The van der Waals surface area contributed by atoms with E-state index in [1.54, 1.807) is 44.2 Å². The fourth-order valence-corrected chi connectivity index (χ4v) is 2.74. The van der Waals surface area contributed by atoms with Crippen LogP contribution < -0.4 is 10.6 Å². The van der Waals surface area contributed by atoms with Crippen molar-refractivity contribution in [3.8, 4) is 0 Å².